The summed E-state index contributed by atoms with van der Waals surface area (Å²) in [6, 6.07) is 11.7. The molecule has 3 rings (SSSR count). The first-order valence-corrected chi connectivity index (χ1v) is 6.31. The molecule has 0 saturated heterocycles. The van der Waals surface area contributed by atoms with Gasteiger partial charge in [-0.05, 0) is 35.6 Å². The summed E-state index contributed by atoms with van der Waals surface area (Å²) >= 11 is 6.12. The van der Waals surface area contributed by atoms with Crippen molar-refractivity contribution in [2.24, 2.45) is 0 Å². The van der Waals surface area contributed by atoms with E-state index in [4.69, 9.17) is 11.6 Å². The lowest BCUT2D eigenvalue weighted by Crippen LogP contribution is -2.06. The van der Waals surface area contributed by atoms with Crippen LogP contribution in [0.15, 0.2) is 41.2 Å². The van der Waals surface area contributed by atoms with E-state index in [9.17, 15) is 4.79 Å². The highest BCUT2D eigenvalue weighted by Crippen LogP contribution is 2.26. The third-order valence-electron chi connectivity index (χ3n) is 3.27. The Kier molecular flexibility index (Phi) is 2.60. The van der Waals surface area contributed by atoms with Gasteiger partial charge >= 0.3 is 0 Å². The molecule has 90 valence electrons. The lowest BCUT2D eigenvalue weighted by Gasteiger charge is -2.06. The number of pyridine rings is 1. The summed E-state index contributed by atoms with van der Waals surface area (Å²) in [4.78, 5) is 14.9. The molecule has 0 aliphatic heterocycles. The molecule has 3 aromatic rings. The highest BCUT2D eigenvalue weighted by atomic mass is 35.5. The van der Waals surface area contributed by atoms with Gasteiger partial charge in [0.1, 0.15) is 0 Å². The summed E-state index contributed by atoms with van der Waals surface area (Å²) in [7, 11) is 0. The SMILES string of the molecule is CCc1ccc2[nH]c(=O)c3c(Cl)cccc3c2c1. The largest absolute Gasteiger partial charge is 0.321 e. The fraction of sp³-hybridized carbons (Fsp3) is 0.133. The number of H-pyrrole nitrogens is 1. The molecule has 2 aromatic carbocycles. The van der Waals surface area contributed by atoms with E-state index < -0.39 is 0 Å². The second-order valence-corrected chi connectivity index (χ2v) is 4.76. The predicted octanol–water partition coefficient (Wildman–Crippen LogP) is 3.90. The minimum absolute atomic E-state index is 0.132. The van der Waals surface area contributed by atoms with E-state index in [-0.39, 0.29) is 5.56 Å². The van der Waals surface area contributed by atoms with Crippen LogP contribution in [-0.2, 0) is 6.42 Å². The van der Waals surface area contributed by atoms with Gasteiger partial charge in [-0.2, -0.15) is 0 Å². The molecule has 3 heteroatoms. The Morgan fingerprint density at radius 1 is 1.17 bits per heavy atom. The molecular weight excluding hydrogens is 246 g/mol. The van der Waals surface area contributed by atoms with Crippen LogP contribution in [0.1, 0.15) is 12.5 Å². The first-order chi connectivity index (χ1) is 8.70. The number of rotatable bonds is 1. The molecule has 0 fully saturated rings. The molecule has 18 heavy (non-hydrogen) atoms. The Morgan fingerprint density at radius 2 is 2.00 bits per heavy atom. The molecule has 1 N–H and O–H groups in total. The maximum atomic E-state index is 12.0. The second kappa shape index (κ2) is 4.14. The van der Waals surface area contributed by atoms with Crippen LogP contribution in [0.4, 0.5) is 0 Å². The number of benzene rings is 2. The van der Waals surface area contributed by atoms with Crippen molar-refractivity contribution in [2.45, 2.75) is 13.3 Å². The van der Waals surface area contributed by atoms with Gasteiger partial charge in [0.15, 0.2) is 0 Å². The van der Waals surface area contributed by atoms with Gasteiger partial charge < -0.3 is 4.98 Å². The Bertz CT molecular complexity index is 805. The van der Waals surface area contributed by atoms with Crippen molar-refractivity contribution in [3.8, 4) is 0 Å². The monoisotopic (exact) mass is 257 g/mol. The van der Waals surface area contributed by atoms with Gasteiger partial charge in [0.25, 0.3) is 5.56 Å². The van der Waals surface area contributed by atoms with Gasteiger partial charge in [-0.1, -0.05) is 36.7 Å². The zero-order chi connectivity index (χ0) is 12.7. The summed E-state index contributed by atoms with van der Waals surface area (Å²) in [5, 5.41) is 3.03. The lowest BCUT2D eigenvalue weighted by atomic mass is 10.0. The van der Waals surface area contributed by atoms with E-state index in [0.717, 1.165) is 22.7 Å². The Hall–Kier alpha value is -1.80. The van der Waals surface area contributed by atoms with E-state index in [1.807, 2.05) is 24.3 Å². The molecular formula is C15H12ClNO. The summed E-state index contributed by atoms with van der Waals surface area (Å²) in [6.07, 6.45) is 0.969. The fourth-order valence-corrected chi connectivity index (χ4v) is 2.57. The van der Waals surface area contributed by atoms with Crippen LogP contribution < -0.4 is 5.56 Å². The number of fused-ring (bicyclic) bond motifs is 3. The molecule has 1 aromatic heterocycles. The third kappa shape index (κ3) is 1.61. The standard InChI is InChI=1S/C15H12ClNO/c1-2-9-6-7-13-11(8-9)10-4-3-5-12(16)14(10)15(18)17-13/h3-8H,2H2,1H3,(H,17,18). The van der Waals surface area contributed by atoms with Gasteiger partial charge in [0, 0.05) is 10.9 Å². The van der Waals surface area contributed by atoms with E-state index in [1.54, 1.807) is 6.07 Å². The molecule has 0 spiro atoms. The van der Waals surface area contributed by atoms with Gasteiger partial charge in [-0.15, -0.1) is 0 Å². The average Bonchev–Trinajstić information content (AvgIpc) is 2.38. The second-order valence-electron chi connectivity index (χ2n) is 4.35. The summed E-state index contributed by atoms with van der Waals surface area (Å²) in [5.74, 6) is 0. The number of halogens is 1. The maximum Gasteiger partial charge on any atom is 0.257 e. The topological polar surface area (TPSA) is 32.9 Å². The molecule has 0 amide bonds. The summed E-state index contributed by atoms with van der Waals surface area (Å²) < 4.78 is 0. The number of hydrogen-bond acceptors (Lipinski definition) is 1. The quantitative estimate of drug-likeness (QED) is 0.659. The fourth-order valence-electron chi connectivity index (χ4n) is 2.31. The van der Waals surface area contributed by atoms with Gasteiger partial charge in [0.2, 0.25) is 0 Å². The van der Waals surface area contributed by atoms with Crippen LogP contribution in [0, 0.1) is 0 Å². The number of aromatic amines is 1. The normalized spacial score (nSPS) is 11.2. The van der Waals surface area contributed by atoms with Crippen LogP contribution >= 0.6 is 11.6 Å². The molecule has 0 aliphatic carbocycles. The van der Waals surface area contributed by atoms with Crippen molar-refractivity contribution in [3.63, 3.8) is 0 Å². The lowest BCUT2D eigenvalue weighted by molar-refractivity contribution is 1.14. The molecule has 0 bridgehead atoms. The molecule has 0 radical (unpaired) electrons. The number of aryl methyl sites for hydroxylation is 1. The van der Waals surface area contributed by atoms with Crippen molar-refractivity contribution in [3.05, 3.63) is 57.3 Å². The van der Waals surface area contributed by atoms with Gasteiger partial charge in [0.05, 0.1) is 10.4 Å². The van der Waals surface area contributed by atoms with Crippen LogP contribution in [0.2, 0.25) is 5.02 Å². The van der Waals surface area contributed by atoms with E-state index in [2.05, 4.69) is 18.0 Å². The first kappa shape index (κ1) is 11.3. The Morgan fingerprint density at radius 3 is 2.78 bits per heavy atom. The van der Waals surface area contributed by atoms with Gasteiger partial charge in [-0.3, -0.25) is 4.79 Å². The third-order valence-corrected chi connectivity index (χ3v) is 3.59. The summed E-state index contributed by atoms with van der Waals surface area (Å²) in [5.41, 5.74) is 1.97. The van der Waals surface area contributed by atoms with Crippen molar-refractivity contribution in [1.29, 1.82) is 0 Å². The smallest absolute Gasteiger partial charge is 0.257 e. The zero-order valence-electron chi connectivity index (χ0n) is 9.96. The van der Waals surface area contributed by atoms with E-state index >= 15 is 0 Å². The van der Waals surface area contributed by atoms with Crippen LogP contribution in [-0.4, -0.2) is 4.98 Å². The highest BCUT2D eigenvalue weighted by molar-refractivity contribution is 6.36. The Labute approximate surface area is 109 Å². The number of nitrogens with one attached hydrogen (secondary N) is 1. The van der Waals surface area contributed by atoms with Crippen molar-refractivity contribution < 1.29 is 0 Å². The molecule has 0 saturated carbocycles. The molecule has 2 nitrogen and oxygen atoms in total. The average molecular weight is 258 g/mol. The van der Waals surface area contributed by atoms with E-state index in [1.165, 1.54) is 5.56 Å². The minimum atomic E-state index is -0.132. The maximum absolute atomic E-state index is 12.0. The van der Waals surface area contributed by atoms with Crippen molar-refractivity contribution in [1.82, 2.24) is 4.98 Å². The van der Waals surface area contributed by atoms with Crippen molar-refractivity contribution in [2.75, 3.05) is 0 Å². The first-order valence-electron chi connectivity index (χ1n) is 5.94. The highest BCUT2D eigenvalue weighted by Gasteiger charge is 2.08. The molecule has 1 heterocycles. The van der Waals surface area contributed by atoms with Crippen LogP contribution in [0.25, 0.3) is 21.7 Å². The van der Waals surface area contributed by atoms with Gasteiger partial charge in [-0.25, -0.2) is 0 Å². The zero-order valence-corrected chi connectivity index (χ0v) is 10.7. The Balaban J connectivity index is 2.58. The molecule has 0 atom stereocenters. The summed E-state index contributed by atoms with van der Waals surface area (Å²) in [6.45, 7) is 2.11. The minimum Gasteiger partial charge on any atom is -0.321 e. The molecule has 0 unspecified atom stereocenters. The van der Waals surface area contributed by atoms with Crippen LogP contribution in [0.5, 0.6) is 0 Å². The van der Waals surface area contributed by atoms with E-state index in [0.29, 0.717) is 10.4 Å². The predicted molar refractivity (Wildman–Crippen MR) is 76.5 cm³/mol. The number of hydrogen-bond donors (Lipinski definition) is 1. The number of aromatic nitrogens is 1. The molecule has 0 aliphatic rings. The van der Waals surface area contributed by atoms with Crippen LogP contribution in [0.3, 0.4) is 0 Å². The van der Waals surface area contributed by atoms with Crippen molar-refractivity contribution >= 4 is 33.3 Å².